The summed E-state index contributed by atoms with van der Waals surface area (Å²) >= 11 is 3.02. The van der Waals surface area contributed by atoms with E-state index in [1.54, 1.807) is 0 Å². The van der Waals surface area contributed by atoms with Crippen molar-refractivity contribution in [2.24, 2.45) is 5.73 Å². The zero-order valence-corrected chi connectivity index (χ0v) is 14.5. The van der Waals surface area contributed by atoms with Crippen LogP contribution in [0.2, 0.25) is 0 Å². The van der Waals surface area contributed by atoms with Crippen LogP contribution in [0.25, 0.3) is 10.4 Å². The van der Waals surface area contributed by atoms with Crippen LogP contribution in [0.1, 0.15) is 21.1 Å². The van der Waals surface area contributed by atoms with E-state index in [9.17, 15) is 9.59 Å². The van der Waals surface area contributed by atoms with E-state index in [1.165, 1.54) is 28.0 Å². The molecule has 1 aromatic heterocycles. The molecule has 1 aromatic carbocycles. The van der Waals surface area contributed by atoms with Gasteiger partial charge >= 0.3 is 0 Å². The van der Waals surface area contributed by atoms with Crippen LogP contribution in [-0.4, -0.2) is 39.4 Å². The molecule has 1 atom stereocenters. The predicted molar refractivity (Wildman–Crippen MR) is 93.5 cm³/mol. The van der Waals surface area contributed by atoms with Crippen LogP contribution in [0.4, 0.5) is 0 Å². The topological polar surface area (TPSA) is 76.3 Å². The molecule has 3 rings (SSSR count). The van der Waals surface area contributed by atoms with E-state index in [2.05, 4.69) is 4.98 Å². The summed E-state index contributed by atoms with van der Waals surface area (Å²) in [7, 11) is 0. The summed E-state index contributed by atoms with van der Waals surface area (Å²) < 4.78 is 0. The molecule has 0 bridgehead atoms. The molecule has 1 fully saturated rings. The van der Waals surface area contributed by atoms with Gasteiger partial charge in [0.25, 0.3) is 5.91 Å². The van der Waals surface area contributed by atoms with Gasteiger partial charge in [-0.2, -0.15) is 0 Å². The molecule has 1 unspecified atom stereocenters. The number of thioether (sulfide) groups is 1. The molecule has 5 nitrogen and oxygen atoms in total. The fourth-order valence-electron chi connectivity index (χ4n) is 2.57. The third-order valence-corrected chi connectivity index (χ3v) is 5.72. The maximum Gasteiger partial charge on any atom is 0.275 e. The second-order valence-electron chi connectivity index (χ2n) is 5.47. The number of aromatic nitrogens is 1. The number of carbonyl (C=O) groups is 2. The monoisotopic (exact) mass is 347 g/mol. The quantitative estimate of drug-likeness (QED) is 0.925. The second-order valence-corrected chi connectivity index (χ2v) is 7.68. The first-order valence-electron chi connectivity index (χ1n) is 7.20. The summed E-state index contributed by atoms with van der Waals surface area (Å²) in [5, 5.41) is 0.826. The molecule has 1 aliphatic rings. The molecule has 23 heavy (non-hydrogen) atoms. The number of rotatable bonds is 3. The molecule has 2 aromatic rings. The third kappa shape index (κ3) is 3.11. The zero-order chi connectivity index (χ0) is 16.6. The number of primary amides is 1. The fourth-order valence-corrected chi connectivity index (χ4v) is 4.64. The molecule has 0 saturated carbocycles. The largest absolute Gasteiger partial charge is 0.368 e. The molecule has 1 saturated heterocycles. The predicted octanol–water partition coefficient (Wildman–Crippen LogP) is 2.43. The molecule has 0 aliphatic carbocycles. The lowest BCUT2D eigenvalue weighted by molar-refractivity contribution is -0.121. The average molecular weight is 347 g/mol. The van der Waals surface area contributed by atoms with Crippen molar-refractivity contribution >= 4 is 34.9 Å². The van der Waals surface area contributed by atoms with Crippen LogP contribution in [0.5, 0.6) is 0 Å². The van der Waals surface area contributed by atoms with E-state index in [0.29, 0.717) is 17.3 Å². The number of nitrogens with two attached hydrogens (primary N) is 1. The third-order valence-electron chi connectivity index (χ3n) is 3.69. The molecule has 2 heterocycles. The number of carbonyl (C=O) groups excluding carboxylic acids is 2. The normalized spacial score (nSPS) is 17.5. The smallest absolute Gasteiger partial charge is 0.275 e. The van der Waals surface area contributed by atoms with Crippen LogP contribution >= 0.6 is 23.1 Å². The van der Waals surface area contributed by atoms with Crippen LogP contribution in [-0.2, 0) is 4.79 Å². The number of aryl methyl sites for hydroxylation is 2. The summed E-state index contributed by atoms with van der Waals surface area (Å²) in [4.78, 5) is 31.2. The van der Waals surface area contributed by atoms with Crippen molar-refractivity contribution in [3.05, 3.63) is 40.5 Å². The molecule has 0 radical (unpaired) electrons. The van der Waals surface area contributed by atoms with Crippen LogP contribution in [0.3, 0.4) is 0 Å². The van der Waals surface area contributed by atoms with Crippen molar-refractivity contribution in [1.29, 1.82) is 0 Å². The van der Waals surface area contributed by atoms with Gasteiger partial charge < -0.3 is 10.6 Å². The van der Waals surface area contributed by atoms with E-state index in [4.69, 9.17) is 5.73 Å². The first-order chi connectivity index (χ1) is 11.0. The molecule has 2 amide bonds. The lowest BCUT2D eigenvalue weighted by atomic mass is 10.1. The Kier molecular flexibility index (Phi) is 4.41. The Morgan fingerprint density at radius 3 is 2.83 bits per heavy atom. The SMILES string of the molecule is Cc1cccc(-c2sc(C)nc2C(=O)N2CSCC2C(N)=O)c1. The van der Waals surface area contributed by atoms with E-state index in [0.717, 1.165) is 21.0 Å². The second kappa shape index (κ2) is 6.33. The number of thiazole rings is 1. The van der Waals surface area contributed by atoms with E-state index in [1.807, 2.05) is 38.1 Å². The number of hydrogen-bond acceptors (Lipinski definition) is 5. The summed E-state index contributed by atoms with van der Waals surface area (Å²) in [5.74, 6) is 0.326. The summed E-state index contributed by atoms with van der Waals surface area (Å²) in [5.41, 5.74) is 7.92. The van der Waals surface area contributed by atoms with Crippen molar-refractivity contribution in [1.82, 2.24) is 9.88 Å². The first-order valence-corrected chi connectivity index (χ1v) is 9.17. The maximum atomic E-state index is 12.9. The van der Waals surface area contributed by atoms with Crippen molar-refractivity contribution < 1.29 is 9.59 Å². The van der Waals surface area contributed by atoms with E-state index >= 15 is 0 Å². The van der Waals surface area contributed by atoms with Crippen LogP contribution in [0.15, 0.2) is 24.3 Å². The number of hydrogen-bond donors (Lipinski definition) is 1. The summed E-state index contributed by atoms with van der Waals surface area (Å²) in [6.07, 6.45) is 0. The number of amides is 2. The van der Waals surface area contributed by atoms with Crippen LogP contribution in [0, 0.1) is 13.8 Å². The Labute approximate surface area is 142 Å². The van der Waals surface area contributed by atoms with Gasteiger partial charge in [-0.05, 0) is 19.4 Å². The van der Waals surface area contributed by atoms with Gasteiger partial charge in [0.05, 0.1) is 15.8 Å². The minimum Gasteiger partial charge on any atom is -0.368 e. The van der Waals surface area contributed by atoms with Crippen molar-refractivity contribution in [2.75, 3.05) is 11.6 Å². The Bertz CT molecular complexity index is 772. The van der Waals surface area contributed by atoms with E-state index < -0.39 is 11.9 Å². The van der Waals surface area contributed by atoms with E-state index in [-0.39, 0.29) is 5.91 Å². The van der Waals surface area contributed by atoms with Gasteiger partial charge in [-0.3, -0.25) is 9.59 Å². The molecular formula is C16H17N3O2S2. The maximum absolute atomic E-state index is 12.9. The van der Waals surface area contributed by atoms with Crippen molar-refractivity contribution in [3.63, 3.8) is 0 Å². The Morgan fingerprint density at radius 2 is 2.13 bits per heavy atom. The summed E-state index contributed by atoms with van der Waals surface area (Å²) in [6.45, 7) is 3.89. The highest BCUT2D eigenvalue weighted by Crippen LogP contribution is 2.33. The van der Waals surface area contributed by atoms with Crippen molar-refractivity contribution in [2.45, 2.75) is 19.9 Å². The molecule has 0 spiro atoms. The molecule has 120 valence electrons. The van der Waals surface area contributed by atoms with Gasteiger partial charge in [0, 0.05) is 5.75 Å². The molecule has 7 heteroatoms. The fraction of sp³-hybridized carbons (Fsp3) is 0.312. The molecule has 1 aliphatic heterocycles. The lowest BCUT2D eigenvalue weighted by Gasteiger charge is -2.20. The van der Waals surface area contributed by atoms with Gasteiger partial charge in [0.1, 0.15) is 11.7 Å². The van der Waals surface area contributed by atoms with Gasteiger partial charge in [-0.15, -0.1) is 23.1 Å². The minimum absolute atomic E-state index is 0.223. The molecule has 2 N–H and O–H groups in total. The highest BCUT2D eigenvalue weighted by Gasteiger charge is 2.35. The lowest BCUT2D eigenvalue weighted by Crippen LogP contribution is -2.45. The molecular weight excluding hydrogens is 330 g/mol. The van der Waals surface area contributed by atoms with Gasteiger partial charge in [-0.1, -0.05) is 29.8 Å². The van der Waals surface area contributed by atoms with Gasteiger partial charge in [-0.25, -0.2) is 4.98 Å². The number of nitrogens with zero attached hydrogens (tertiary/aromatic N) is 2. The van der Waals surface area contributed by atoms with Crippen molar-refractivity contribution in [3.8, 4) is 10.4 Å². The highest BCUT2D eigenvalue weighted by atomic mass is 32.2. The van der Waals surface area contributed by atoms with Gasteiger partial charge in [0.15, 0.2) is 0 Å². The summed E-state index contributed by atoms with van der Waals surface area (Å²) in [6, 6.07) is 7.43. The Hall–Kier alpha value is -1.86. The minimum atomic E-state index is -0.556. The number of benzene rings is 1. The standard InChI is InChI=1S/C16H17N3O2S2/c1-9-4-3-5-11(6-9)14-13(18-10(2)23-14)16(21)19-8-22-7-12(19)15(17)20/h3-6,12H,7-8H2,1-2H3,(H2,17,20). The Balaban J connectivity index is 2.00. The van der Waals surface area contributed by atoms with Gasteiger partial charge in [0.2, 0.25) is 5.91 Å². The average Bonchev–Trinajstić information content (AvgIpc) is 3.13. The first kappa shape index (κ1) is 16.0. The van der Waals surface area contributed by atoms with Crippen LogP contribution < -0.4 is 5.73 Å². The highest BCUT2D eigenvalue weighted by molar-refractivity contribution is 7.99. The zero-order valence-electron chi connectivity index (χ0n) is 12.9. The Morgan fingerprint density at radius 1 is 1.35 bits per heavy atom.